The number of carboxylic acids is 1. The lowest BCUT2D eigenvalue weighted by Gasteiger charge is -2.41. The van der Waals surface area contributed by atoms with Gasteiger partial charge in [-0.3, -0.25) is 14.4 Å². The van der Waals surface area contributed by atoms with Gasteiger partial charge >= 0.3 is 5.97 Å². The fourth-order valence-electron chi connectivity index (χ4n) is 5.06. The minimum Gasteiger partial charge on any atom is -0.494 e. The molecule has 0 aromatic heterocycles. The summed E-state index contributed by atoms with van der Waals surface area (Å²) in [6.07, 6.45) is 6.28. The molecule has 2 aromatic rings. The molecule has 0 unspecified atom stereocenters. The summed E-state index contributed by atoms with van der Waals surface area (Å²) in [6, 6.07) is 6.47. The highest BCUT2D eigenvalue weighted by Crippen LogP contribution is 2.48. The summed E-state index contributed by atoms with van der Waals surface area (Å²) >= 11 is 0. The number of halogens is 2. The van der Waals surface area contributed by atoms with E-state index in [9.17, 15) is 28.3 Å². The molecule has 0 bridgehead atoms. The van der Waals surface area contributed by atoms with Gasteiger partial charge in [0.05, 0.1) is 17.4 Å². The lowest BCUT2D eigenvalue weighted by Crippen LogP contribution is -2.50. The second-order valence-electron chi connectivity index (χ2n) is 10.3. The molecule has 7 nitrogen and oxygen atoms in total. The van der Waals surface area contributed by atoms with Crippen LogP contribution >= 0.6 is 10.0 Å². The molecule has 1 aliphatic heterocycles. The third-order valence-electron chi connectivity index (χ3n) is 6.90. The van der Waals surface area contributed by atoms with Gasteiger partial charge in [0.25, 0.3) is 5.91 Å². The second-order valence-corrected chi connectivity index (χ2v) is 14.4. The number of rotatable bonds is 7. The van der Waals surface area contributed by atoms with Crippen LogP contribution < -0.4 is 10.1 Å². The summed E-state index contributed by atoms with van der Waals surface area (Å²) in [6.45, 7) is 2.59. The molecule has 37 heavy (non-hydrogen) atoms. The molecular formula is C27H32F2N2O5S. The van der Waals surface area contributed by atoms with E-state index in [1.54, 1.807) is 30.9 Å². The van der Waals surface area contributed by atoms with Crippen LogP contribution in [0, 0.1) is 23.5 Å². The number of carboxylic acid groups (broad SMARTS) is 1. The number of carbonyl (C=O) groups excluding carboxylic acids is 2. The van der Waals surface area contributed by atoms with Crippen LogP contribution in [0.1, 0.15) is 36.9 Å². The van der Waals surface area contributed by atoms with Gasteiger partial charge in [-0.05, 0) is 80.3 Å². The van der Waals surface area contributed by atoms with Gasteiger partial charge in [0.15, 0.2) is 0 Å². The maximum absolute atomic E-state index is 14.8. The summed E-state index contributed by atoms with van der Waals surface area (Å²) < 4.78 is 35.2. The molecule has 1 saturated carbocycles. The number of carbonyl (C=O) groups is 3. The van der Waals surface area contributed by atoms with Crippen molar-refractivity contribution in [2.24, 2.45) is 11.8 Å². The highest BCUT2D eigenvalue weighted by atomic mass is 32.3. The summed E-state index contributed by atoms with van der Waals surface area (Å²) in [5.41, 5.74) is 1.41. The number of anilines is 1. The van der Waals surface area contributed by atoms with Crippen molar-refractivity contribution in [2.75, 3.05) is 37.2 Å². The first kappa shape index (κ1) is 26.9. The van der Waals surface area contributed by atoms with Crippen molar-refractivity contribution in [1.82, 2.24) is 4.90 Å². The zero-order valence-electron chi connectivity index (χ0n) is 21.3. The van der Waals surface area contributed by atoms with Crippen molar-refractivity contribution in [2.45, 2.75) is 37.1 Å². The van der Waals surface area contributed by atoms with Crippen LogP contribution in [0.25, 0.3) is 0 Å². The van der Waals surface area contributed by atoms with Crippen molar-refractivity contribution in [3.05, 3.63) is 53.1 Å². The molecule has 2 aliphatic rings. The molecule has 10 heteroatoms. The van der Waals surface area contributed by atoms with E-state index in [2.05, 4.69) is 5.32 Å². The normalized spacial score (nSPS) is 21.5. The van der Waals surface area contributed by atoms with Crippen LogP contribution in [0.5, 0.6) is 5.75 Å². The van der Waals surface area contributed by atoms with Crippen molar-refractivity contribution in [3.63, 3.8) is 0 Å². The Bertz CT molecular complexity index is 1220. The third kappa shape index (κ3) is 5.44. The number of nitrogens with zero attached hydrogens (tertiary/aromatic N) is 1. The first-order valence-electron chi connectivity index (χ1n) is 12.2. The first-order valence-corrected chi connectivity index (χ1v) is 15.0. The Morgan fingerprint density at radius 3 is 2.30 bits per heavy atom. The molecule has 1 fully saturated rings. The summed E-state index contributed by atoms with van der Waals surface area (Å²) in [7, 11) is -1.68. The molecule has 1 heterocycles. The van der Waals surface area contributed by atoms with Gasteiger partial charge in [-0.1, -0.05) is 6.07 Å². The number of fused-ring (bicyclic) bond motifs is 1. The SMILES string of the molecule is CCOc1ccc2c(c1)CCN(C(=O)[C@H]1C[C@@H](C(=O)O)C1)[C@H]2C(=O)Nc1cc(F)c(S(C)(C)C)c(F)c1. The molecule has 0 radical (unpaired) electrons. The Labute approximate surface area is 216 Å². The lowest BCUT2D eigenvalue weighted by atomic mass is 9.73. The topological polar surface area (TPSA) is 95.9 Å². The Hall–Kier alpha value is -3.14. The number of aliphatic carboxylic acids is 1. The fourth-order valence-corrected chi connectivity index (χ4v) is 6.35. The summed E-state index contributed by atoms with van der Waals surface area (Å²) in [5.74, 6) is -3.69. The second kappa shape index (κ2) is 10.3. The number of nitrogens with one attached hydrogen (secondary N) is 1. The lowest BCUT2D eigenvalue weighted by molar-refractivity contribution is -0.154. The van der Waals surface area contributed by atoms with Crippen LogP contribution in [0.2, 0.25) is 0 Å². The summed E-state index contributed by atoms with van der Waals surface area (Å²) in [4.78, 5) is 39.7. The number of hydrogen-bond acceptors (Lipinski definition) is 4. The monoisotopic (exact) mass is 534 g/mol. The van der Waals surface area contributed by atoms with Crippen molar-refractivity contribution in [1.29, 1.82) is 0 Å². The highest BCUT2D eigenvalue weighted by Gasteiger charge is 2.45. The van der Waals surface area contributed by atoms with Crippen molar-refractivity contribution < 1.29 is 33.0 Å². The standard InChI is InChI=1S/C27H32F2N2O5S/c1-5-36-19-6-7-20-15(12-19)8-9-31(26(33)16-10-17(11-16)27(34)35)23(20)25(32)30-18-13-21(28)24(22(29)14-18)37(2,3)4/h6-7,12-14,16-17,23H,5,8-11H2,1-4H3,(H,30,32)(H,34,35)/t16-,17+,23-/m1/s1. The van der Waals surface area contributed by atoms with Crippen LogP contribution in [-0.4, -0.2) is 59.7 Å². The Kier molecular flexibility index (Phi) is 7.50. The van der Waals surface area contributed by atoms with E-state index in [-0.39, 0.29) is 35.9 Å². The Morgan fingerprint density at radius 1 is 1.08 bits per heavy atom. The molecule has 1 aliphatic carbocycles. The number of ether oxygens (including phenoxy) is 1. The summed E-state index contributed by atoms with van der Waals surface area (Å²) in [5, 5.41) is 11.8. The van der Waals surface area contributed by atoms with E-state index in [0.29, 0.717) is 24.3 Å². The Morgan fingerprint density at radius 2 is 1.73 bits per heavy atom. The molecule has 4 rings (SSSR count). The number of benzene rings is 2. The van der Waals surface area contributed by atoms with Gasteiger partial charge in [0.2, 0.25) is 5.91 Å². The van der Waals surface area contributed by atoms with Gasteiger partial charge in [0, 0.05) is 18.2 Å². The number of hydrogen-bond donors (Lipinski definition) is 2. The van der Waals surface area contributed by atoms with Gasteiger partial charge in [-0.15, -0.1) is 0 Å². The molecule has 1 atom stereocenters. The third-order valence-corrected chi connectivity index (χ3v) is 8.51. The van der Waals surface area contributed by atoms with Gasteiger partial charge in [-0.25, -0.2) is 18.8 Å². The van der Waals surface area contributed by atoms with E-state index in [1.807, 2.05) is 13.0 Å². The predicted octanol–water partition coefficient (Wildman–Crippen LogP) is 4.59. The highest BCUT2D eigenvalue weighted by molar-refractivity contribution is 8.32. The molecule has 2 amide bonds. The zero-order chi connectivity index (χ0) is 27.1. The van der Waals surface area contributed by atoms with E-state index in [0.717, 1.165) is 17.7 Å². The van der Waals surface area contributed by atoms with E-state index in [1.165, 1.54) is 4.90 Å². The van der Waals surface area contributed by atoms with Gasteiger partial charge in [-0.2, -0.15) is 0 Å². The molecule has 2 aromatic carbocycles. The molecule has 2 N–H and O–H groups in total. The average Bonchev–Trinajstić information content (AvgIpc) is 2.75. The largest absolute Gasteiger partial charge is 0.494 e. The van der Waals surface area contributed by atoms with Crippen molar-refractivity contribution in [3.8, 4) is 5.75 Å². The maximum atomic E-state index is 14.8. The smallest absolute Gasteiger partial charge is 0.306 e. The Balaban J connectivity index is 1.65. The zero-order valence-corrected chi connectivity index (χ0v) is 22.2. The first-order chi connectivity index (χ1) is 17.4. The quantitative estimate of drug-likeness (QED) is 0.542. The van der Waals surface area contributed by atoms with Crippen LogP contribution in [0.3, 0.4) is 0 Å². The average molecular weight is 535 g/mol. The predicted molar refractivity (Wildman–Crippen MR) is 138 cm³/mol. The van der Waals surface area contributed by atoms with Crippen LogP contribution in [0.4, 0.5) is 14.5 Å². The van der Waals surface area contributed by atoms with E-state index in [4.69, 9.17) is 4.74 Å². The molecule has 0 saturated heterocycles. The van der Waals surface area contributed by atoms with E-state index >= 15 is 0 Å². The fraction of sp³-hybridized carbons (Fsp3) is 0.444. The number of amides is 2. The maximum Gasteiger partial charge on any atom is 0.306 e. The van der Waals surface area contributed by atoms with Crippen molar-refractivity contribution >= 4 is 33.5 Å². The molecule has 200 valence electrons. The molecule has 0 spiro atoms. The van der Waals surface area contributed by atoms with Crippen LogP contribution in [-0.2, 0) is 20.8 Å². The minimum absolute atomic E-state index is 0.00624. The minimum atomic E-state index is -1.68. The molecular weight excluding hydrogens is 502 g/mol. The van der Waals surface area contributed by atoms with Crippen LogP contribution in [0.15, 0.2) is 35.2 Å². The van der Waals surface area contributed by atoms with E-state index < -0.39 is 51.4 Å². The van der Waals surface area contributed by atoms with Gasteiger partial charge < -0.3 is 20.1 Å². The van der Waals surface area contributed by atoms with Gasteiger partial charge in [0.1, 0.15) is 23.4 Å².